The van der Waals surface area contributed by atoms with Crippen molar-refractivity contribution < 1.29 is 9.21 Å². The standard InChI is InChI=1S/C19H25N3O2/c1-15-18(24-14-20-15)19(23)21-17-10-6-12-22(13-17)11-5-9-16-7-3-2-4-8-16/h2-4,7-8,14,17H,5-6,9-13H2,1H3,(H,21,23)/t17-/m1/s1. The largest absolute Gasteiger partial charge is 0.438 e. The van der Waals surface area contributed by atoms with Gasteiger partial charge < -0.3 is 14.6 Å². The molecule has 1 saturated heterocycles. The lowest BCUT2D eigenvalue weighted by Crippen LogP contribution is -2.48. The molecule has 128 valence electrons. The zero-order chi connectivity index (χ0) is 16.8. The number of nitrogens with one attached hydrogen (secondary N) is 1. The number of piperidine rings is 1. The van der Waals surface area contributed by atoms with Crippen molar-refractivity contribution in [3.05, 3.63) is 53.7 Å². The zero-order valence-corrected chi connectivity index (χ0v) is 14.2. The van der Waals surface area contributed by atoms with Crippen molar-refractivity contribution in [3.8, 4) is 0 Å². The highest BCUT2D eigenvalue weighted by atomic mass is 16.3. The molecule has 1 aromatic carbocycles. The first-order valence-corrected chi connectivity index (χ1v) is 8.69. The number of carbonyl (C=O) groups is 1. The second-order valence-corrected chi connectivity index (χ2v) is 6.47. The van der Waals surface area contributed by atoms with E-state index in [-0.39, 0.29) is 11.9 Å². The Morgan fingerprint density at radius 2 is 2.21 bits per heavy atom. The fourth-order valence-electron chi connectivity index (χ4n) is 3.30. The van der Waals surface area contributed by atoms with Crippen molar-refractivity contribution in [1.29, 1.82) is 0 Å². The van der Waals surface area contributed by atoms with Crippen molar-refractivity contribution in [1.82, 2.24) is 15.2 Å². The van der Waals surface area contributed by atoms with Crippen molar-refractivity contribution in [2.45, 2.75) is 38.6 Å². The van der Waals surface area contributed by atoms with Crippen LogP contribution in [-0.2, 0) is 6.42 Å². The van der Waals surface area contributed by atoms with E-state index in [9.17, 15) is 4.79 Å². The van der Waals surface area contributed by atoms with Gasteiger partial charge in [-0.3, -0.25) is 4.79 Å². The fourth-order valence-corrected chi connectivity index (χ4v) is 3.30. The van der Waals surface area contributed by atoms with E-state index in [1.807, 2.05) is 0 Å². The summed E-state index contributed by atoms with van der Waals surface area (Å²) in [5.41, 5.74) is 2.03. The maximum absolute atomic E-state index is 12.2. The first-order valence-electron chi connectivity index (χ1n) is 8.69. The van der Waals surface area contributed by atoms with Crippen molar-refractivity contribution in [3.63, 3.8) is 0 Å². The van der Waals surface area contributed by atoms with Crippen LogP contribution < -0.4 is 5.32 Å². The minimum absolute atomic E-state index is 0.152. The van der Waals surface area contributed by atoms with Gasteiger partial charge in [0.2, 0.25) is 5.76 Å². The minimum atomic E-state index is -0.152. The van der Waals surface area contributed by atoms with E-state index in [0.717, 1.165) is 45.3 Å². The van der Waals surface area contributed by atoms with Gasteiger partial charge in [-0.25, -0.2) is 4.98 Å². The topological polar surface area (TPSA) is 58.4 Å². The molecule has 0 radical (unpaired) electrons. The van der Waals surface area contributed by atoms with Crippen molar-refractivity contribution in [2.75, 3.05) is 19.6 Å². The average molecular weight is 327 g/mol. The number of nitrogens with zero attached hydrogens (tertiary/aromatic N) is 2. The molecule has 1 fully saturated rings. The van der Waals surface area contributed by atoms with E-state index >= 15 is 0 Å². The molecule has 0 aliphatic carbocycles. The highest BCUT2D eigenvalue weighted by Gasteiger charge is 2.23. The number of rotatable bonds is 6. The lowest BCUT2D eigenvalue weighted by Gasteiger charge is -2.33. The summed E-state index contributed by atoms with van der Waals surface area (Å²) in [5.74, 6) is 0.178. The monoisotopic (exact) mass is 327 g/mol. The van der Waals surface area contributed by atoms with Crippen LogP contribution in [-0.4, -0.2) is 41.5 Å². The van der Waals surface area contributed by atoms with Crippen LogP contribution in [0.3, 0.4) is 0 Å². The van der Waals surface area contributed by atoms with Gasteiger partial charge >= 0.3 is 0 Å². The second-order valence-electron chi connectivity index (χ2n) is 6.47. The Labute approximate surface area is 143 Å². The van der Waals surface area contributed by atoms with Crippen LogP contribution in [0.1, 0.15) is 41.1 Å². The lowest BCUT2D eigenvalue weighted by molar-refractivity contribution is 0.0874. The average Bonchev–Trinajstić information content (AvgIpc) is 3.02. The van der Waals surface area contributed by atoms with E-state index in [0.29, 0.717) is 11.5 Å². The first-order chi connectivity index (χ1) is 11.7. The van der Waals surface area contributed by atoms with Crippen LogP contribution in [0.25, 0.3) is 0 Å². The molecule has 0 unspecified atom stereocenters. The number of benzene rings is 1. The fraction of sp³-hybridized carbons (Fsp3) is 0.474. The number of oxazole rings is 1. The van der Waals surface area contributed by atoms with E-state index in [1.165, 1.54) is 12.0 Å². The third-order valence-electron chi connectivity index (χ3n) is 4.58. The van der Waals surface area contributed by atoms with Gasteiger partial charge in [0.25, 0.3) is 5.91 Å². The van der Waals surface area contributed by atoms with Gasteiger partial charge in [-0.1, -0.05) is 30.3 Å². The molecule has 1 N–H and O–H groups in total. The Bertz CT molecular complexity index is 654. The molecule has 1 atom stereocenters. The van der Waals surface area contributed by atoms with Crippen LogP contribution in [0.2, 0.25) is 0 Å². The van der Waals surface area contributed by atoms with Crippen LogP contribution >= 0.6 is 0 Å². The number of amides is 1. The number of carbonyl (C=O) groups excluding carboxylic acids is 1. The molecule has 0 bridgehead atoms. The number of hydrogen-bond donors (Lipinski definition) is 1. The Morgan fingerprint density at radius 1 is 1.38 bits per heavy atom. The molecule has 1 aliphatic heterocycles. The molecule has 2 aromatic rings. The Morgan fingerprint density at radius 3 is 2.96 bits per heavy atom. The van der Waals surface area contributed by atoms with Crippen LogP contribution in [0, 0.1) is 6.92 Å². The summed E-state index contributed by atoms with van der Waals surface area (Å²) < 4.78 is 5.17. The van der Waals surface area contributed by atoms with Crippen LogP contribution in [0.4, 0.5) is 0 Å². The Balaban J connectivity index is 1.44. The Hall–Kier alpha value is -2.14. The SMILES string of the molecule is Cc1ncoc1C(=O)N[C@@H]1CCCN(CCCc2ccccc2)C1. The van der Waals surface area contributed by atoms with Gasteiger partial charge in [0, 0.05) is 12.6 Å². The van der Waals surface area contributed by atoms with Gasteiger partial charge in [0.15, 0.2) is 6.39 Å². The van der Waals surface area contributed by atoms with Gasteiger partial charge in [-0.15, -0.1) is 0 Å². The molecule has 5 nitrogen and oxygen atoms in total. The maximum atomic E-state index is 12.2. The lowest BCUT2D eigenvalue weighted by atomic mass is 10.0. The molecular formula is C19H25N3O2. The molecule has 0 spiro atoms. The minimum Gasteiger partial charge on any atom is -0.438 e. The summed E-state index contributed by atoms with van der Waals surface area (Å²) in [7, 11) is 0. The normalized spacial score (nSPS) is 18.5. The van der Waals surface area contributed by atoms with Gasteiger partial charge in [0.1, 0.15) is 0 Å². The second kappa shape index (κ2) is 8.11. The predicted molar refractivity (Wildman–Crippen MR) is 92.9 cm³/mol. The zero-order valence-electron chi connectivity index (χ0n) is 14.2. The van der Waals surface area contributed by atoms with E-state index < -0.39 is 0 Å². The highest BCUT2D eigenvalue weighted by Crippen LogP contribution is 2.13. The first kappa shape index (κ1) is 16.7. The van der Waals surface area contributed by atoms with Crippen LogP contribution in [0.5, 0.6) is 0 Å². The number of likely N-dealkylation sites (tertiary alicyclic amines) is 1. The quantitative estimate of drug-likeness (QED) is 0.886. The summed E-state index contributed by atoms with van der Waals surface area (Å²) in [4.78, 5) is 18.7. The van der Waals surface area contributed by atoms with Gasteiger partial charge in [-0.05, 0) is 51.3 Å². The molecule has 1 aliphatic rings. The molecule has 1 amide bonds. The van der Waals surface area contributed by atoms with Crippen molar-refractivity contribution >= 4 is 5.91 Å². The molecule has 0 saturated carbocycles. The third-order valence-corrected chi connectivity index (χ3v) is 4.58. The molecule has 24 heavy (non-hydrogen) atoms. The summed E-state index contributed by atoms with van der Waals surface area (Å²) in [5, 5.41) is 3.09. The molecule has 3 rings (SSSR count). The number of aromatic nitrogens is 1. The van der Waals surface area contributed by atoms with Crippen molar-refractivity contribution in [2.24, 2.45) is 0 Å². The summed E-state index contributed by atoms with van der Waals surface area (Å²) in [6, 6.07) is 10.8. The van der Waals surface area contributed by atoms with E-state index in [2.05, 4.69) is 45.5 Å². The molecule has 2 heterocycles. The van der Waals surface area contributed by atoms with Gasteiger partial charge in [-0.2, -0.15) is 0 Å². The number of hydrogen-bond acceptors (Lipinski definition) is 4. The molecule has 1 aromatic heterocycles. The Kier molecular flexibility index (Phi) is 5.64. The third kappa shape index (κ3) is 4.45. The molecular weight excluding hydrogens is 302 g/mol. The van der Waals surface area contributed by atoms with Gasteiger partial charge in [0.05, 0.1) is 5.69 Å². The number of aryl methyl sites for hydroxylation is 2. The van der Waals surface area contributed by atoms with Crippen LogP contribution in [0.15, 0.2) is 41.1 Å². The van der Waals surface area contributed by atoms with E-state index in [4.69, 9.17) is 4.42 Å². The highest BCUT2D eigenvalue weighted by molar-refractivity contribution is 5.92. The summed E-state index contributed by atoms with van der Waals surface area (Å²) in [6.45, 7) is 4.88. The summed E-state index contributed by atoms with van der Waals surface area (Å²) >= 11 is 0. The maximum Gasteiger partial charge on any atom is 0.289 e. The summed E-state index contributed by atoms with van der Waals surface area (Å²) in [6.07, 6.45) is 5.71. The molecule has 5 heteroatoms. The van der Waals surface area contributed by atoms with E-state index in [1.54, 1.807) is 6.92 Å². The smallest absolute Gasteiger partial charge is 0.289 e. The predicted octanol–water partition coefficient (Wildman–Crippen LogP) is 2.81.